The fraction of sp³-hybridized carbons (Fsp3) is 0.909. The predicted octanol–water partition coefficient (Wildman–Crippen LogP) is 2.44. The van der Waals surface area contributed by atoms with Gasteiger partial charge in [-0.25, -0.2) is 0 Å². The molecule has 0 heterocycles. The highest BCUT2D eigenvalue weighted by Crippen LogP contribution is 2.27. The van der Waals surface area contributed by atoms with Gasteiger partial charge in [-0.05, 0) is 51.7 Å². The molecule has 1 aliphatic rings. The molecule has 1 unspecified atom stereocenters. The van der Waals surface area contributed by atoms with Gasteiger partial charge >= 0.3 is 0 Å². The summed E-state index contributed by atoms with van der Waals surface area (Å²) in [7, 11) is 0. The summed E-state index contributed by atoms with van der Waals surface area (Å²) < 4.78 is 0. The van der Waals surface area contributed by atoms with Gasteiger partial charge in [0, 0.05) is 12.1 Å². The molecule has 0 radical (unpaired) electrons. The first-order valence-corrected chi connectivity index (χ1v) is 6.07. The second kappa shape index (κ2) is 5.54. The van der Waals surface area contributed by atoms with Crippen LogP contribution in [-0.4, -0.2) is 17.2 Å². The zero-order valence-corrected chi connectivity index (χ0v) is 10.3. The van der Waals surface area contributed by atoms with Crippen molar-refractivity contribution in [2.24, 2.45) is 5.92 Å². The molecular weight excluding hydrogens is 192 g/mol. The largest absolute Gasteiger partial charge is 0.361 e. The van der Waals surface area contributed by atoms with E-state index in [-0.39, 0.29) is 0 Å². The Hall–Kier alpha value is -0.310. The highest BCUT2D eigenvalue weighted by Gasteiger charge is 2.21. The topological polar surface area (TPSA) is 24.1 Å². The third kappa shape index (κ3) is 3.82. The summed E-state index contributed by atoms with van der Waals surface area (Å²) in [6.07, 6.45) is 5.50. The highest BCUT2D eigenvalue weighted by atomic mass is 32.1. The molecule has 3 heteroatoms. The zero-order valence-electron chi connectivity index (χ0n) is 9.47. The number of rotatable bonds is 3. The average molecular weight is 214 g/mol. The Bertz CT molecular complexity index is 186. The van der Waals surface area contributed by atoms with E-state index >= 15 is 0 Å². The first kappa shape index (κ1) is 11.8. The van der Waals surface area contributed by atoms with Crippen molar-refractivity contribution < 1.29 is 0 Å². The molecule has 0 saturated heterocycles. The molecule has 0 aromatic heterocycles. The van der Waals surface area contributed by atoms with E-state index in [1.165, 1.54) is 25.7 Å². The summed E-state index contributed by atoms with van der Waals surface area (Å²) in [5.41, 5.74) is 0. The van der Waals surface area contributed by atoms with E-state index in [9.17, 15) is 0 Å². The van der Waals surface area contributed by atoms with E-state index in [1.807, 2.05) is 0 Å². The fourth-order valence-corrected chi connectivity index (χ4v) is 2.51. The van der Waals surface area contributed by atoms with Crippen LogP contribution in [0.3, 0.4) is 0 Å². The second-order valence-electron chi connectivity index (χ2n) is 4.61. The summed E-state index contributed by atoms with van der Waals surface area (Å²) in [4.78, 5) is 0. The maximum atomic E-state index is 5.22. The molecule has 1 saturated carbocycles. The van der Waals surface area contributed by atoms with Gasteiger partial charge in [-0.2, -0.15) is 0 Å². The van der Waals surface area contributed by atoms with E-state index < -0.39 is 0 Å². The van der Waals surface area contributed by atoms with Crippen LogP contribution in [-0.2, 0) is 0 Å². The van der Waals surface area contributed by atoms with Gasteiger partial charge in [-0.15, -0.1) is 0 Å². The van der Waals surface area contributed by atoms with E-state index in [1.54, 1.807) is 0 Å². The Labute approximate surface area is 92.8 Å². The molecule has 82 valence electrons. The predicted molar refractivity (Wildman–Crippen MR) is 65.4 cm³/mol. The van der Waals surface area contributed by atoms with Crippen molar-refractivity contribution in [3.8, 4) is 0 Å². The van der Waals surface area contributed by atoms with Gasteiger partial charge < -0.3 is 10.6 Å². The van der Waals surface area contributed by atoms with Crippen LogP contribution in [0.1, 0.15) is 46.5 Å². The van der Waals surface area contributed by atoms with Crippen LogP contribution in [0, 0.1) is 5.92 Å². The SMILES string of the molecule is CC(C)NC(=S)NC(C)C1CCCC1. The van der Waals surface area contributed by atoms with Gasteiger partial charge in [0.15, 0.2) is 5.11 Å². The second-order valence-corrected chi connectivity index (χ2v) is 5.01. The third-order valence-electron chi connectivity index (χ3n) is 2.89. The quantitative estimate of drug-likeness (QED) is 0.706. The Balaban J connectivity index is 2.24. The summed E-state index contributed by atoms with van der Waals surface area (Å²) in [6.45, 7) is 6.45. The lowest BCUT2D eigenvalue weighted by atomic mass is 10.0. The normalized spacial score (nSPS) is 19.7. The van der Waals surface area contributed by atoms with E-state index in [0.29, 0.717) is 12.1 Å². The lowest BCUT2D eigenvalue weighted by Gasteiger charge is -2.23. The van der Waals surface area contributed by atoms with Gasteiger partial charge in [0.25, 0.3) is 0 Å². The van der Waals surface area contributed by atoms with Gasteiger partial charge in [0.05, 0.1) is 0 Å². The Morgan fingerprint density at radius 2 is 1.71 bits per heavy atom. The molecule has 1 fully saturated rings. The molecule has 1 rings (SSSR count). The van der Waals surface area contributed by atoms with Crippen LogP contribution in [0.25, 0.3) is 0 Å². The Morgan fingerprint density at radius 1 is 1.14 bits per heavy atom. The number of nitrogens with one attached hydrogen (secondary N) is 2. The standard InChI is InChI=1S/C11H22N2S/c1-8(2)12-11(14)13-9(3)10-6-4-5-7-10/h8-10H,4-7H2,1-3H3,(H2,12,13,14). The maximum Gasteiger partial charge on any atom is 0.166 e. The fourth-order valence-electron chi connectivity index (χ4n) is 2.09. The van der Waals surface area contributed by atoms with Crippen LogP contribution in [0.15, 0.2) is 0 Å². The number of hydrogen-bond acceptors (Lipinski definition) is 1. The first-order chi connectivity index (χ1) is 6.59. The summed E-state index contributed by atoms with van der Waals surface area (Å²) in [5, 5.41) is 7.40. The van der Waals surface area contributed by atoms with Crippen molar-refractivity contribution in [2.75, 3.05) is 0 Å². The van der Waals surface area contributed by atoms with Gasteiger partial charge in [0.2, 0.25) is 0 Å². The molecule has 14 heavy (non-hydrogen) atoms. The van der Waals surface area contributed by atoms with Crippen molar-refractivity contribution in [2.45, 2.75) is 58.5 Å². The number of hydrogen-bond donors (Lipinski definition) is 2. The van der Waals surface area contributed by atoms with Crippen LogP contribution in [0.2, 0.25) is 0 Å². The molecule has 2 nitrogen and oxygen atoms in total. The third-order valence-corrected chi connectivity index (χ3v) is 3.12. The van der Waals surface area contributed by atoms with Crippen molar-refractivity contribution >= 4 is 17.3 Å². The van der Waals surface area contributed by atoms with Crippen molar-refractivity contribution in [3.63, 3.8) is 0 Å². The molecule has 1 aliphatic carbocycles. The summed E-state index contributed by atoms with van der Waals surface area (Å²) in [5.74, 6) is 0.821. The number of thiocarbonyl (C=S) groups is 1. The lowest BCUT2D eigenvalue weighted by Crippen LogP contribution is -2.45. The molecule has 0 aliphatic heterocycles. The Kier molecular flexibility index (Phi) is 4.66. The zero-order chi connectivity index (χ0) is 10.6. The van der Waals surface area contributed by atoms with Gasteiger partial charge in [0.1, 0.15) is 0 Å². The highest BCUT2D eigenvalue weighted by molar-refractivity contribution is 7.80. The molecule has 0 amide bonds. The molecule has 1 atom stereocenters. The smallest absolute Gasteiger partial charge is 0.166 e. The van der Waals surface area contributed by atoms with Crippen LogP contribution >= 0.6 is 12.2 Å². The van der Waals surface area contributed by atoms with Crippen LogP contribution < -0.4 is 10.6 Å². The van der Waals surface area contributed by atoms with E-state index in [2.05, 4.69) is 31.4 Å². The van der Waals surface area contributed by atoms with E-state index in [4.69, 9.17) is 12.2 Å². The molecule has 0 aromatic carbocycles. The molecule has 0 aromatic rings. The summed E-state index contributed by atoms with van der Waals surface area (Å²) in [6, 6.07) is 0.946. The molecule has 2 N–H and O–H groups in total. The minimum absolute atomic E-state index is 0.422. The van der Waals surface area contributed by atoms with Gasteiger partial charge in [-0.3, -0.25) is 0 Å². The minimum atomic E-state index is 0.422. The van der Waals surface area contributed by atoms with Crippen molar-refractivity contribution in [3.05, 3.63) is 0 Å². The average Bonchev–Trinajstić information content (AvgIpc) is 2.53. The molecular formula is C11H22N2S. The monoisotopic (exact) mass is 214 g/mol. The van der Waals surface area contributed by atoms with E-state index in [0.717, 1.165) is 11.0 Å². The van der Waals surface area contributed by atoms with Crippen LogP contribution in [0.5, 0.6) is 0 Å². The Morgan fingerprint density at radius 3 is 2.21 bits per heavy atom. The van der Waals surface area contributed by atoms with Crippen molar-refractivity contribution in [1.29, 1.82) is 0 Å². The minimum Gasteiger partial charge on any atom is -0.361 e. The van der Waals surface area contributed by atoms with Crippen LogP contribution in [0.4, 0.5) is 0 Å². The lowest BCUT2D eigenvalue weighted by molar-refractivity contribution is 0.423. The molecule has 0 spiro atoms. The first-order valence-electron chi connectivity index (χ1n) is 5.66. The molecule has 0 bridgehead atoms. The maximum absolute atomic E-state index is 5.22. The summed E-state index contributed by atoms with van der Waals surface area (Å²) >= 11 is 5.22. The van der Waals surface area contributed by atoms with Gasteiger partial charge in [-0.1, -0.05) is 12.8 Å². The van der Waals surface area contributed by atoms with Crippen molar-refractivity contribution in [1.82, 2.24) is 10.6 Å².